The molecule has 0 aliphatic carbocycles. The molecular formula is C22H26N4O4S. The third-order valence-corrected chi connectivity index (χ3v) is 8.54. The minimum atomic E-state index is -3.34. The molecule has 3 aliphatic heterocycles. The number of aromatic nitrogens is 2. The van der Waals surface area contributed by atoms with E-state index in [9.17, 15) is 18.0 Å². The lowest BCUT2D eigenvalue weighted by atomic mass is 9.98. The molecule has 9 heteroatoms. The molecule has 8 nitrogen and oxygen atoms in total. The van der Waals surface area contributed by atoms with Gasteiger partial charge in [0, 0.05) is 42.6 Å². The van der Waals surface area contributed by atoms with Crippen molar-refractivity contribution in [1.29, 1.82) is 0 Å². The molecule has 1 aromatic heterocycles. The Morgan fingerprint density at radius 2 is 1.94 bits per heavy atom. The first-order valence-corrected chi connectivity index (χ1v) is 12.5. The number of aromatic amines is 1. The zero-order valence-corrected chi connectivity index (χ0v) is 18.3. The number of rotatable bonds is 2. The van der Waals surface area contributed by atoms with Crippen LogP contribution in [0.2, 0.25) is 0 Å². The van der Waals surface area contributed by atoms with E-state index in [4.69, 9.17) is 0 Å². The number of anilines is 1. The fourth-order valence-corrected chi connectivity index (χ4v) is 6.85. The van der Waals surface area contributed by atoms with Crippen molar-refractivity contribution in [2.24, 2.45) is 0 Å². The van der Waals surface area contributed by atoms with Gasteiger partial charge in [0.15, 0.2) is 0 Å². The summed E-state index contributed by atoms with van der Waals surface area (Å²) in [4.78, 5) is 35.3. The Bertz CT molecular complexity index is 1210. The summed E-state index contributed by atoms with van der Waals surface area (Å²) in [5.41, 5.74) is 2.40. The first kappa shape index (κ1) is 20.2. The van der Waals surface area contributed by atoms with Crippen molar-refractivity contribution in [1.82, 2.24) is 14.9 Å². The fraction of sp³-hybridized carbons (Fsp3) is 0.500. The highest BCUT2D eigenvalue weighted by molar-refractivity contribution is 7.92. The van der Waals surface area contributed by atoms with Gasteiger partial charge >= 0.3 is 0 Å². The molecule has 2 saturated heterocycles. The number of aryl methyl sites for hydroxylation is 1. The van der Waals surface area contributed by atoms with Crippen LogP contribution in [0.5, 0.6) is 0 Å². The highest BCUT2D eigenvalue weighted by atomic mass is 32.2. The summed E-state index contributed by atoms with van der Waals surface area (Å²) in [5, 5.41) is 0. The first-order chi connectivity index (χ1) is 14.8. The molecule has 164 valence electrons. The van der Waals surface area contributed by atoms with Gasteiger partial charge in [0.05, 0.1) is 17.1 Å². The lowest BCUT2D eigenvalue weighted by molar-refractivity contribution is 0.0673. The molecular weight excluding hydrogens is 416 g/mol. The molecule has 1 aromatic carbocycles. The molecule has 3 aliphatic rings. The van der Waals surface area contributed by atoms with E-state index in [2.05, 4.69) is 9.97 Å². The fourth-order valence-electron chi connectivity index (χ4n) is 5.22. The SMILES string of the molecule is Cc1nc2c(c(=O)[nH]1)CC1CCC(C2)N1C(=O)c1cccc(N2CCCCS2(=O)=O)c1. The van der Waals surface area contributed by atoms with Crippen molar-refractivity contribution in [2.45, 2.75) is 57.5 Å². The largest absolute Gasteiger partial charge is 0.332 e. The van der Waals surface area contributed by atoms with E-state index in [1.165, 1.54) is 4.31 Å². The summed E-state index contributed by atoms with van der Waals surface area (Å²) < 4.78 is 26.4. The molecule has 2 fully saturated rings. The number of hydrogen-bond donors (Lipinski definition) is 1. The van der Waals surface area contributed by atoms with Gasteiger partial charge < -0.3 is 9.88 Å². The second-order valence-corrected chi connectivity index (χ2v) is 10.7. The quantitative estimate of drug-likeness (QED) is 0.764. The highest BCUT2D eigenvalue weighted by Gasteiger charge is 2.41. The molecule has 0 spiro atoms. The maximum absolute atomic E-state index is 13.6. The predicted molar refractivity (Wildman–Crippen MR) is 117 cm³/mol. The molecule has 2 atom stereocenters. The van der Waals surface area contributed by atoms with Crippen LogP contribution in [0.15, 0.2) is 29.1 Å². The molecule has 0 saturated carbocycles. The zero-order chi connectivity index (χ0) is 21.8. The van der Waals surface area contributed by atoms with Gasteiger partial charge in [-0.3, -0.25) is 13.9 Å². The standard InChI is InChI=1S/C22H26N4O4S/c1-14-23-20-13-18-8-7-17(12-19(20)21(27)24-14)26(18)22(28)15-5-4-6-16(11-15)25-9-2-3-10-31(25,29)30/h4-6,11,17-18H,2-3,7-10,12-13H2,1H3,(H,23,24,27). The van der Waals surface area contributed by atoms with Crippen LogP contribution >= 0.6 is 0 Å². The lowest BCUT2D eigenvalue weighted by Gasteiger charge is -2.30. The Hall–Kier alpha value is -2.68. The van der Waals surface area contributed by atoms with Gasteiger partial charge in [-0.25, -0.2) is 13.4 Å². The molecule has 0 radical (unpaired) electrons. The van der Waals surface area contributed by atoms with Gasteiger partial charge in [-0.05, 0) is 50.8 Å². The number of fused-ring (bicyclic) bond motifs is 3. The Morgan fingerprint density at radius 3 is 2.71 bits per heavy atom. The minimum absolute atomic E-state index is 0.00479. The van der Waals surface area contributed by atoms with E-state index in [1.807, 2.05) is 4.90 Å². The van der Waals surface area contributed by atoms with E-state index in [0.717, 1.165) is 25.0 Å². The van der Waals surface area contributed by atoms with Gasteiger partial charge in [0.2, 0.25) is 10.0 Å². The van der Waals surface area contributed by atoms with Gasteiger partial charge in [-0.15, -0.1) is 0 Å². The average Bonchev–Trinajstić information content (AvgIpc) is 3.02. The van der Waals surface area contributed by atoms with Crippen molar-refractivity contribution < 1.29 is 13.2 Å². The van der Waals surface area contributed by atoms with Gasteiger partial charge in [0.1, 0.15) is 5.82 Å². The van der Waals surface area contributed by atoms with Crippen LogP contribution in [-0.2, 0) is 22.9 Å². The molecule has 1 N–H and O–H groups in total. The van der Waals surface area contributed by atoms with E-state index in [0.29, 0.717) is 48.4 Å². The third-order valence-electron chi connectivity index (χ3n) is 6.67. The number of carbonyl (C=O) groups excluding carboxylic acids is 1. The molecule has 1 amide bonds. The molecule has 31 heavy (non-hydrogen) atoms. The minimum Gasteiger partial charge on any atom is -0.332 e. The normalized spacial score (nSPS) is 24.5. The molecule has 2 bridgehead atoms. The van der Waals surface area contributed by atoms with Gasteiger partial charge in [-0.2, -0.15) is 0 Å². The Labute approximate surface area is 181 Å². The predicted octanol–water partition coefficient (Wildman–Crippen LogP) is 1.78. The molecule has 2 aromatic rings. The van der Waals surface area contributed by atoms with Crippen LogP contribution in [0.3, 0.4) is 0 Å². The average molecular weight is 443 g/mol. The van der Waals surface area contributed by atoms with Crippen molar-refractivity contribution in [3.63, 3.8) is 0 Å². The topological polar surface area (TPSA) is 103 Å². The van der Waals surface area contributed by atoms with Gasteiger partial charge in [0.25, 0.3) is 11.5 Å². The first-order valence-electron chi connectivity index (χ1n) is 10.9. The van der Waals surface area contributed by atoms with Crippen LogP contribution in [0.1, 0.15) is 53.1 Å². The number of benzene rings is 1. The third kappa shape index (κ3) is 3.54. The summed E-state index contributed by atoms with van der Waals surface area (Å²) in [7, 11) is -3.34. The number of nitrogens with one attached hydrogen (secondary N) is 1. The maximum atomic E-state index is 13.6. The van der Waals surface area contributed by atoms with Crippen LogP contribution in [-0.4, -0.2) is 53.6 Å². The second-order valence-electron chi connectivity index (χ2n) is 8.73. The number of nitrogens with zero attached hydrogens (tertiary/aromatic N) is 3. The number of hydrogen-bond acceptors (Lipinski definition) is 5. The van der Waals surface area contributed by atoms with Gasteiger partial charge in [-0.1, -0.05) is 6.07 Å². The zero-order valence-electron chi connectivity index (χ0n) is 17.5. The smallest absolute Gasteiger partial charge is 0.254 e. The summed E-state index contributed by atoms with van der Waals surface area (Å²) in [6.07, 6.45) is 4.28. The Kier molecular flexibility index (Phi) is 4.88. The van der Waals surface area contributed by atoms with E-state index < -0.39 is 10.0 Å². The highest BCUT2D eigenvalue weighted by Crippen LogP contribution is 2.34. The van der Waals surface area contributed by atoms with Crippen LogP contribution < -0.4 is 9.86 Å². The summed E-state index contributed by atoms with van der Waals surface area (Å²) in [6.45, 7) is 2.21. The summed E-state index contributed by atoms with van der Waals surface area (Å²) in [6, 6.07) is 6.88. The maximum Gasteiger partial charge on any atom is 0.254 e. The number of sulfonamides is 1. The molecule has 4 heterocycles. The van der Waals surface area contributed by atoms with Crippen molar-refractivity contribution >= 4 is 21.6 Å². The Balaban J connectivity index is 1.46. The van der Waals surface area contributed by atoms with Crippen LogP contribution in [0, 0.1) is 6.92 Å². The van der Waals surface area contributed by atoms with Crippen molar-refractivity contribution in [3.8, 4) is 0 Å². The van der Waals surface area contributed by atoms with Crippen molar-refractivity contribution in [3.05, 3.63) is 57.3 Å². The lowest BCUT2D eigenvalue weighted by Crippen LogP contribution is -2.42. The van der Waals surface area contributed by atoms with Crippen molar-refractivity contribution in [2.75, 3.05) is 16.6 Å². The van der Waals surface area contributed by atoms with E-state index >= 15 is 0 Å². The van der Waals surface area contributed by atoms with E-state index in [1.54, 1.807) is 31.2 Å². The summed E-state index contributed by atoms with van der Waals surface area (Å²) in [5.74, 6) is 0.625. The van der Waals surface area contributed by atoms with Crippen LogP contribution in [0.4, 0.5) is 5.69 Å². The summed E-state index contributed by atoms with van der Waals surface area (Å²) >= 11 is 0. The monoisotopic (exact) mass is 442 g/mol. The molecule has 2 unspecified atom stereocenters. The van der Waals surface area contributed by atoms with Crippen LogP contribution in [0.25, 0.3) is 0 Å². The number of amides is 1. The number of H-pyrrole nitrogens is 1. The Morgan fingerprint density at radius 1 is 1.16 bits per heavy atom. The second kappa shape index (κ2) is 7.47. The number of carbonyl (C=O) groups is 1. The van der Waals surface area contributed by atoms with E-state index in [-0.39, 0.29) is 29.3 Å². The molecule has 5 rings (SSSR count).